The topological polar surface area (TPSA) is 41.0 Å². The molecule has 1 N–H and O–H groups in total. The van der Waals surface area contributed by atoms with Gasteiger partial charge in [0.1, 0.15) is 18.0 Å². The molecular weight excluding hydrogens is 224 g/mol. The molecule has 0 atom stereocenters. The van der Waals surface area contributed by atoms with Gasteiger partial charge in [0.2, 0.25) is 0 Å². The second kappa shape index (κ2) is 4.64. The minimum atomic E-state index is 0.606. The molecule has 3 rings (SSSR count). The largest absolute Gasteiger partial charge is 0.367 e. The van der Waals surface area contributed by atoms with E-state index in [1.165, 1.54) is 12.8 Å². The molecule has 0 unspecified atom stereocenters. The molecule has 0 spiro atoms. The summed E-state index contributed by atoms with van der Waals surface area (Å²) in [6.45, 7) is 0. The van der Waals surface area contributed by atoms with Crippen molar-refractivity contribution in [2.45, 2.75) is 18.9 Å². The number of nitrogens with one attached hydrogen (secondary N) is 1. The van der Waals surface area contributed by atoms with Crippen LogP contribution in [0.15, 0.2) is 42.7 Å². The SMILES string of the molecule is CN(c1ccccc1)c1cc(NC2CC2)ncn1. The van der Waals surface area contributed by atoms with Crippen molar-refractivity contribution >= 4 is 17.3 Å². The number of hydrogen-bond acceptors (Lipinski definition) is 4. The van der Waals surface area contributed by atoms with Crippen LogP contribution >= 0.6 is 0 Å². The van der Waals surface area contributed by atoms with Crippen molar-refractivity contribution in [2.24, 2.45) is 0 Å². The summed E-state index contributed by atoms with van der Waals surface area (Å²) in [4.78, 5) is 10.6. The summed E-state index contributed by atoms with van der Waals surface area (Å²) < 4.78 is 0. The first-order valence-corrected chi connectivity index (χ1v) is 6.20. The van der Waals surface area contributed by atoms with Gasteiger partial charge in [-0.2, -0.15) is 0 Å². The van der Waals surface area contributed by atoms with E-state index in [0.717, 1.165) is 17.3 Å². The van der Waals surface area contributed by atoms with Crippen molar-refractivity contribution in [1.82, 2.24) is 9.97 Å². The Hall–Kier alpha value is -2.10. The average molecular weight is 240 g/mol. The van der Waals surface area contributed by atoms with Gasteiger partial charge in [-0.25, -0.2) is 9.97 Å². The highest BCUT2D eigenvalue weighted by molar-refractivity contribution is 5.61. The monoisotopic (exact) mass is 240 g/mol. The van der Waals surface area contributed by atoms with Crippen molar-refractivity contribution < 1.29 is 0 Å². The van der Waals surface area contributed by atoms with Gasteiger partial charge in [0.25, 0.3) is 0 Å². The maximum Gasteiger partial charge on any atom is 0.138 e. The second-order valence-corrected chi connectivity index (χ2v) is 4.57. The Morgan fingerprint density at radius 2 is 1.94 bits per heavy atom. The maximum absolute atomic E-state index is 4.32. The van der Waals surface area contributed by atoms with E-state index in [-0.39, 0.29) is 0 Å². The molecule has 1 aliphatic carbocycles. The van der Waals surface area contributed by atoms with Gasteiger partial charge in [0.05, 0.1) is 0 Å². The highest BCUT2D eigenvalue weighted by Crippen LogP contribution is 2.26. The molecule has 1 aromatic carbocycles. The molecule has 0 bridgehead atoms. The van der Waals surface area contributed by atoms with Gasteiger partial charge in [-0.15, -0.1) is 0 Å². The molecule has 1 fully saturated rings. The smallest absolute Gasteiger partial charge is 0.138 e. The molecule has 1 saturated carbocycles. The molecule has 92 valence electrons. The minimum Gasteiger partial charge on any atom is -0.367 e. The van der Waals surface area contributed by atoms with Crippen molar-refractivity contribution in [1.29, 1.82) is 0 Å². The molecule has 18 heavy (non-hydrogen) atoms. The molecule has 2 aromatic rings. The number of nitrogens with zero attached hydrogens (tertiary/aromatic N) is 3. The second-order valence-electron chi connectivity index (χ2n) is 4.57. The van der Waals surface area contributed by atoms with Crippen LogP contribution in [0, 0.1) is 0 Å². The third-order valence-electron chi connectivity index (χ3n) is 3.07. The Bertz CT molecular complexity index is 522. The van der Waals surface area contributed by atoms with Crippen LogP contribution in [0.2, 0.25) is 0 Å². The first-order valence-electron chi connectivity index (χ1n) is 6.20. The van der Waals surface area contributed by atoms with Crippen molar-refractivity contribution in [3.8, 4) is 0 Å². The van der Waals surface area contributed by atoms with Crippen molar-refractivity contribution in [3.63, 3.8) is 0 Å². The first-order chi connectivity index (χ1) is 8.83. The van der Waals surface area contributed by atoms with Crippen LogP contribution in [-0.4, -0.2) is 23.1 Å². The van der Waals surface area contributed by atoms with Gasteiger partial charge in [-0.3, -0.25) is 0 Å². The fourth-order valence-electron chi connectivity index (χ4n) is 1.83. The molecule has 0 radical (unpaired) electrons. The molecule has 0 saturated heterocycles. The molecule has 1 heterocycles. The van der Waals surface area contributed by atoms with Gasteiger partial charge in [0, 0.05) is 24.8 Å². The lowest BCUT2D eigenvalue weighted by Crippen LogP contribution is -2.12. The van der Waals surface area contributed by atoms with Crippen LogP contribution in [0.5, 0.6) is 0 Å². The van der Waals surface area contributed by atoms with Crippen molar-refractivity contribution in [2.75, 3.05) is 17.3 Å². The Morgan fingerprint density at radius 3 is 2.67 bits per heavy atom. The van der Waals surface area contributed by atoms with Crippen LogP contribution in [0.4, 0.5) is 17.3 Å². The van der Waals surface area contributed by atoms with Gasteiger partial charge in [-0.1, -0.05) is 18.2 Å². The normalized spacial score (nSPS) is 14.3. The van der Waals surface area contributed by atoms with Crippen LogP contribution in [0.25, 0.3) is 0 Å². The van der Waals surface area contributed by atoms with Gasteiger partial charge in [0.15, 0.2) is 0 Å². The first kappa shape index (κ1) is 11.0. The molecule has 4 heteroatoms. The Labute approximate surface area is 107 Å². The van der Waals surface area contributed by atoms with E-state index in [2.05, 4.69) is 32.3 Å². The summed E-state index contributed by atoms with van der Waals surface area (Å²) in [6.07, 6.45) is 4.10. The van der Waals surface area contributed by atoms with Crippen LogP contribution in [0.1, 0.15) is 12.8 Å². The number of aromatic nitrogens is 2. The lowest BCUT2D eigenvalue weighted by atomic mass is 10.3. The van der Waals surface area contributed by atoms with E-state index in [9.17, 15) is 0 Å². The van der Waals surface area contributed by atoms with Gasteiger partial charge in [-0.05, 0) is 25.0 Å². The molecule has 4 nitrogen and oxygen atoms in total. The van der Waals surface area contributed by atoms with Gasteiger partial charge >= 0.3 is 0 Å². The van der Waals surface area contributed by atoms with Crippen LogP contribution < -0.4 is 10.2 Å². The van der Waals surface area contributed by atoms with E-state index in [0.29, 0.717) is 6.04 Å². The number of rotatable bonds is 4. The van der Waals surface area contributed by atoms with Crippen molar-refractivity contribution in [3.05, 3.63) is 42.7 Å². The lowest BCUT2D eigenvalue weighted by Gasteiger charge is -2.18. The Kier molecular flexibility index (Phi) is 2.84. The van der Waals surface area contributed by atoms with E-state index >= 15 is 0 Å². The zero-order valence-electron chi connectivity index (χ0n) is 10.4. The van der Waals surface area contributed by atoms with Crippen LogP contribution in [-0.2, 0) is 0 Å². The number of hydrogen-bond donors (Lipinski definition) is 1. The van der Waals surface area contributed by atoms with Gasteiger partial charge < -0.3 is 10.2 Å². The summed E-state index contributed by atoms with van der Waals surface area (Å²) >= 11 is 0. The highest BCUT2D eigenvalue weighted by Gasteiger charge is 2.21. The molecular formula is C14H16N4. The summed E-state index contributed by atoms with van der Waals surface area (Å²) in [5, 5.41) is 3.38. The lowest BCUT2D eigenvalue weighted by molar-refractivity contribution is 1.05. The predicted octanol–water partition coefficient (Wildman–Crippen LogP) is 2.82. The fourth-order valence-corrected chi connectivity index (χ4v) is 1.83. The molecule has 0 amide bonds. The summed E-state index contributed by atoms with van der Waals surface area (Å²) in [5.41, 5.74) is 1.12. The number of benzene rings is 1. The number of para-hydroxylation sites is 1. The summed E-state index contributed by atoms with van der Waals surface area (Å²) in [6, 6.07) is 12.8. The third-order valence-corrected chi connectivity index (χ3v) is 3.07. The minimum absolute atomic E-state index is 0.606. The summed E-state index contributed by atoms with van der Waals surface area (Å²) in [5.74, 6) is 1.81. The quantitative estimate of drug-likeness (QED) is 0.892. The van der Waals surface area contributed by atoms with E-state index in [1.54, 1.807) is 6.33 Å². The maximum atomic E-state index is 4.32. The standard InChI is InChI=1S/C14H16N4/c1-18(12-5-3-2-4-6-12)14-9-13(15-10-16-14)17-11-7-8-11/h2-6,9-11H,7-8H2,1H3,(H,15,16,17). The molecule has 0 aliphatic heterocycles. The van der Waals surface area contributed by atoms with E-state index < -0.39 is 0 Å². The zero-order valence-corrected chi connectivity index (χ0v) is 10.4. The molecule has 1 aromatic heterocycles. The third kappa shape index (κ3) is 2.42. The Balaban J connectivity index is 1.82. The number of anilines is 3. The molecule has 1 aliphatic rings. The average Bonchev–Trinajstić information content (AvgIpc) is 3.23. The van der Waals surface area contributed by atoms with E-state index in [1.807, 2.05) is 31.3 Å². The predicted molar refractivity (Wildman–Crippen MR) is 73.2 cm³/mol. The highest BCUT2D eigenvalue weighted by atomic mass is 15.2. The summed E-state index contributed by atoms with van der Waals surface area (Å²) in [7, 11) is 2.01. The fraction of sp³-hybridized carbons (Fsp3) is 0.286. The van der Waals surface area contributed by atoms with E-state index in [4.69, 9.17) is 0 Å². The Morgan fingerprint density at radius 1 is 1.17 bits per heavy atom. The zero-order chi connectivity index (χ0) is 12.4. The van der Waals surface area contributed by atoms with Crippen LogP contribution in [0.3, 0.4) is 0 Å².